The van der Waals surface area contributed by atoms with Crippen LogP contribution in [0.1, 0.15) is 15.9 Å². The molecule has 0 spiro atoms. The van der Waals surface area contributed by atoms with Crippen molar-refractivity contribution in [2.24, 2.45) is 0 Å². The van der Waals surface area contributed by atoms with Gasteiger partial charge in [-0.1, -0.05) is 18.2 Å². The number of aromatic carboxylic acids is 1. The molecule has 2 N–H and O–H groups in total. The van der Waals surface area contributed by atoms with E-state index < -0.39 is 5.97 Å². The summed E-state index contributed by atoms with van der Waals surface area (Å²) < 4.78 is 0. The molecule has 0 unspecified atom stereocenters. The van der Waals surface area contributed by atoms with Crippen LogP contribution >= 0.6 is 11.3 Å². The fourth-order valence-corrected chi connectivity index (χ4v) is 2.12. The third-order valence-corrected chi connectivity index (χ3v) is 3.08. The molecule has 2 aromatic rings. The van der Waals surface area contributed by atoms with Gasteiger partial charge in [-0.15, -0.1) is 11.3 Å². The fraction of sp³-hybridized carbons (Fsp3) is 0.167. The lowest BCUT2D eigenvalue weighted by Gasteiger charge is -2.06. The lowest BCUT2D eigenvalue weighted by atomic mass is 10.1. The molecule has 0 amide bonds. The van der Waals surface area contributed by atoms with Crippen molar-refractivity contribution in [3.63, 3.8) is 0 Å². The first-order chi connectivity index (χ1) is 8.27. The van der Waals surface area contributed by atoms with E-state index in [2.05, 4.69) is 10.3 Å². The van der Waals surface area contributed by atoms with Crippen LogP contribution in [0.25, 0.3) is 0 Å². The second-order valence-electron chi connectivity index (χ2n) is 3.48. The summed E-state index contributed by atoms with van der Waals surface area (Å²) in [5, 5.41) is 14.9. The molecule has 0 bridgehead atoms. The zero-order valence-electron chi connectivity index (χ0n) is 9.09. The maximum atomic E-state index is 11.0. The van der Waals surface area contributed by atoms with Crippen molar-refractivity contribution in [1.82, 2.24) is 4.98 Å². The van der Waals surface area contributed by atoms with E-state index in [4.69, 9.17) is 5.11 Å². The summed E-state index contributed by atoms with van der Waals surface area (Å²) in [7, 11) is 0. The van der Waals surface area contributed by atoms with Crippen LogP contribution in [0.4, 0.5) is 5.13 Å². The van der Waals surface area contributed by atoms with E-state index in [1.54, 1.807) is 18.3 Å². The Hall–Kier alpha value is -1.88. The normalized spacial score (nSPS) is 10.1. The van der Waals surface area contributed by atoms with Crippen LogP contribution in [0.2, 0.25) is 0 Å². The molecule has 4 nitrogen and oxygen atoms in total. The summed E-state index contributed by atoms with van der Waals surface area (Å²) >= 11 is 1.53. The van der Waals surface area contributed by atoms with Crippen LogP contribution in [0, 0.1) is 0 Å². The molecule has 0 aliphatic heterocycles. The number of nitrogens with one attached hydrogen (secondary N) is 1. The summed E-state index contributed by atoms with van der Waals surface area (Å²) in [6, 6.07) is 7.06. The second kappa shape index (κ2) is 5.45. The number of benzene rings is 1. The SMILES string of the molecule is O=C(O)c1ccccc1CCNc1nccs1. The Morgan fingerprint density at radius 2 is 2.24 bits per heavy atom. The monoisotopic (exact) mass is 248 g/mol. The highest BCUT2D eigenvalue weighted by Crippen LogP contribution is 2.12. The maximum absolute atomic E-state index is 11.0. The molecular weight excluding hydrogens is 236 g/mol. The Morgan fingerprint density at radius 1 is 1.41 bits per heavy atom. The lowest BCUT2D eigenvalue weighted by molar-refractivity contribution is 0.0696. The van der Waals surface area contributed by atoms with E-state index in [9.17, 15) is 4.79 Å². The quantitative estimate of drug-likeness (QED) is 0.853. The Kier molecular flexibility index (Phi) is 3.72. The number of anilines is 1. The summed E-state index contributed by atoms with van der Waals surface area (Å²) in [5.41, 5.74) is 1.21. The predicted octanol–water partition coefficient (Wildman–Crippen LogP) is 2.50. The number of hydrogen-bond acceptors (Lipinski definition) is 4. The molecule has 1 aromatic heterocycles. The van der Waals surface area contributed by atoms with Crippen LogP contribution in [-0.4, -0.2) is 22.6 Å². The number of carboxylic acids is 1. The molecule has 0 saturated carbocycles. The zero-order valence-corrected chi connectivity index (χ0v) is 9.91. The lowest BCUT2D eigenvalue weighted by Crippen LogP contribution is -2.08. The van der Waals surface area contributed by atoms with Gasteiger partial charge in [0.25, 0.3) is 0 Å². The summed E-state index contributed by atoms with van der Waals surface area (Å²) in [6.07, 6.45) is 2.40. The summed E-state index contributed by atoms with van der Waals surface area (Å²) in [4.78, 5) is 15.1. The number of nitrogens with zero attached hydrogens (tertiary/aromatic N) is 1. The first-order valence-electron chi connectivity index (χ1n) is 5.22. The van der Waals surface area contributed by atoms with Crippen LogP contribution in [0.5, 0.6) is 0 Å². The molecule has 88 valence electrons. The number of rotatable bonds is 5. The number of aromatic nitrogens is 1. The number of thiazole rings is 1. The molecule has 5 heteroatoms. The molecule has 0 aliphatic rings. The van der Waals surface area contributed by atoms with Crippen LogP contribution in [0.15, 0.2) is 35.8 Å². The largest absolute Gasteiger partial charge is 0.478 e. The third-order valence-electron chi connectivity index (χ3n) is 2.35. The average Bonchev–Trinajstić information content (AvgIpc) is 2.82. The van der Waals surface area contributed by atoms with Crippen molar-refractivity contribution in [1.29, 1.82) is 0 Å². The van der Waals surface area contributed by atoms with Gasteiger partial charge in [0.1, 0.15) is 0 Å². The Morgan fingerprint density at radius 3 is 2.94 bits per heavy atom. The summed E-state index contributed by atoms with van der Waals surface area (Å²) in [6.45, 7) is 0.678. The van der Waals surface area contributed by atoms with Gasteiger partial charge in [0, 0.05) is 18.1 Å². The molecule has 1 heterocycles. The van der Waals surface area contributed by atoms with Crippen molar-refractivity contribution < 1.29 is 9.90 Å². The van der Waals surface area contributed by atoms with E-state index in [0.717, 1.165) is 10.7 Å². The zero-order chi connectivity index (χ0) is 12.1. The molecule has 0 atom stereocenters. The predicted molar refractivity (Wildman–Crippen MR) is 67.7 cm³/mol. The molecule has 1 aromatic carbocycles. The first kappa shape index (κ1) is 11.6. The smallest absolute Gasteiger partial charge is 0.335 e. The molecule has 0 aliphatic carbocycles. The average molecular weight is 248 g/mol. The molecule has 2 rings (SSSR count). The minimum absolute atomic E-state index is 0.369. The topological polar surface area (TPSA) is 62.2 Å². The molecule has 0 saturated heterocycles. The number of carbonyl (C=O) groups is 1. The van der Waals surface area contributed by atoms with E-state index >= 15 is 0 Å². The third kappa shape index (κ3) is 3.04. The Labute approximate surface area is 103 Å². The summed E-state index contributed by atoms with van der Waals surface area (Å²) in [5.74, 6) is -0.880. The van der Waals surface area contributed by atoms with Gasteiger partial charge in [0.2, 0.25) is 0 Å². The van der Waals surface area contributed by atoms with Crippen molar-refractivity contribution >= 4 is 22.4 Å². The minimum atomic E-state index is -0.880. The minimum Gasteiger partial charge on any atom is -0.478 e. The molecule has 17 heavy (non-hydrogen) atoms. The number of carboxylic acid groups (broad SMARTS) is 1. The van der Waals surface area contributed by atoms with Crippen molar-refractivity contribution in [3.8, 4) is 0 Å². The highest BCUT2D eigenvalue weighted by atomic mass is 32.1. The molecule has 0 radical (unpaired) electrons. The van der Waals surface area contributed by atoms with Crippen molar-refractivity contribution in [3.05, 3.63) is 47.0 Å². The fourth-order valence-electron chi connectivity index (χ4n) is 1.56. The van der Waals surface area contributed by atoms with Gasteiger partial charge in [0.15, 0.2) is 5.13 Å². The van der Waals surface area contributed by atoms with Gasteiger partial charge < -0.3 is 10.4 Å². The Bertz CT molecular complexity index is 497. The van der Waals surface area contributed by atoms with Crippen LogP contribution in [-0.2, 0) is 6.42 Å². The van der Waals surface area contributed by atoms with Crippen molar-refractivity contribution in [2.45, 2.75) is 6.42 Å². The molecule has 0 fully saturated rings. The van der Waals surface area contributed by atoms with E-state index in [-0.39, 0.29) is 0 Å². The van der Waals surface area contributed by atoms with Crippen LogP contribution in [0.3, 0.4) is 0 Å². The van der Waals surface area contributed by atoms with E-state index in [1.165, 1.54) is 11.3 Å². The van der Waals surface area contributed by atoms with E-state index in [0.29, 0.717) is 18.5 Å². The first-order valence-corrected chi connectivity index (χ1v) is 6.10. The van der Waals surface area contributed by atoms with Gasteiger partial charge in [-0.3, -0.25) is 0 Å². The highest BCUT2D eigenvalue weighted by Gasteiger charge is 2.08. The molecular formula is C12H12N2O2S. The maximum Gasteiger partial charge on any atom is 0.335 e. The van der Waals surface area contributed by atoms with Gasteiger partial charge in [-0.05, 0) is 18.1 Å². The van der Waals surface area contributed by atoms with Gasteiger partial charge in [-0.2, -0.15) is 0 Å². The van der Waals surface area contributed by atoms with Crippen molar-refractivity contribution in [2.75, 3.05) is 11.9 Å². The number of hydrogen-bond donors (Lipinski definition) is 2. The van der Waals surface area contributed by atoms with Gasteiger partial charge in [-0.25, -0.2) is 9.78 Å². The standard InChI is InChI=1S/C12H12N2O2S/c15-11(16)10-4-2-1-3-9(10)5-6-13-12-14-7-8-17-12/h1-4,7-8H,5-6H2,(H,13,14)(H,15,16). The highest BCUT2D eigenvalue weighted by molar-refractivity contribution is 7.13. The van der Waals surface area contributed by atoms with Gasteiger partial charge in [0.05, 0.1) is 5.56 Å². The van der Waals surface area contributed by atoms with E-state index in [1.807, 2.05) is 17.5 Å². The van der Waals surface area contributed by atoms with Crippen LogP contribution < -0.4 is 5.32 Å². The Balaban J connectivity index is 1.97. The van der Waals surface area contributed by atoms with Gasteiger partial charge >= 0.3 is 5.97 Å². The second-order valence-corrected chi connectivity index (χ2v) is 4.37.